The summed E-state index contributed by atoms with van der Waals surface area (Å²) in [6.07, 6.45) is 11.1. The molecule has 5 nitrogen and oxygen atoms in total. The van der Waals surface area contributed by atoms with Gasteiger partial charge in [-0.2, -0.15) is 0 Å². The number of anilines is 1. The Kier molecular flexibility index (Phi) is 4.55. The zero-order valence-corrected chi connectivity index (χ0v) is 16.7. The molecule has 2 fully saturated rings. The first-order valence-electron chi connectivity index (χ1n) is 10.5. The second-order valence-electron chi connectivity index (χ2n) is 8.68. The molecule has 5 heteroatoms. The van der Waals surface area contributed by atoms with Crippen molar-refractivity contribution in [1.29, 1.82) is 0 Å². The number of hydrogen-bond acceptors (Lipinski definition) is 4. The second-order valence-corrected chi connectivity index (χ2v) is 8.68. The number of fused-ring (bicyclic) bond motifs is 1. The Labute approximate surface area is 166 Å². The molecule has 0 saturated carbocycles. The number of nitrogens with one attached hydrogen (secondary N) is 1. The number of piperidine rings is 2. The van der Waals surface area contributed by atoms with Crippen LogP contribution in [0.25, 0.3) is 10.9 Å². The summed E-state index contributed by atoms with van der Waals surface area (Å²) < 4.78 is 0. The summed E-state index contributed by atoms with van der Waals surface area (Å²) in [5, 5.41) is 1.37. The van der Waals surface area contributed by atoms with Crippen molar-refractivity contribution < 1.29 is 0 Å². The number of para-hydroxylation sites is 1. The van der Waals surface area contributed by atoms with Gasteiger partial charge in [0.15, 0.2) is 0 Å². The number of aryl methyl sites for hydroxylation is 1. The van der Waals surface area contributed by atoms with Gasteiger partial charge >= 0.3 is 0 Å². The van der Waals surface area contributed by atoms with E-state index in [0.29, 0.717) is 5.41 Å². The van der Waals surface area contributed by atoms with E-state index in [2.05, 4.69) is 55.2 Å². The van der Waals surface area contributed by atoms with E-state index in [1.807, 2.05) is 19.3 Å². The van der Waals surface area contributed by atoms with Gasteiger partial charge in [-0.25, -0.2) is 4.98 Å². The van der Waals surface area contributed by atoms with Crippen LogP contribution < -0.4 is 4.90 Å². The highest BCUT2D eigenvalue weighted by atomic mass is 15.2. The van der Waals surface area contributed by atoms with Crippen LogP contribution >= 0.6 is 0 Å². The predicted molar refractivity (Wildman–Crippen MR) is 113 cm³/mol. The molecule has 5 rings (SSSR count). The lowest BCUT2D eigenvalue weighted by Crippen LogP contribution is -2.49. The Balaban J connectivity index is 1.26. The van der Waals surface area contributed by atoms with Crippen molar-refractivity contribution in [3.63, 3.8) is 0 Å². The van der Waals surface area contributed by atoms with Crippen LogP contribution in [0.3, 0.4) is 0 Å². The maximum atomic E-state index is 4.67. The summed E-state index contributed by atoms with van der Waals surface area (Å²) in [6.45, 7) is 7.71. The van der Waals surface area contributed by atoms with Crippen molar-refractivity contribution >= 4 is 16.7 Å². The highest BCUT2D eigenvalue weighted by Gasteiger charge is 2.38. The van der Waals surface area contributed by atoms with Gasteiger partial charge in [0, 0.05) is 49.5 Å². The zero-order valence-electron chi connectivity index (χ0n) is 16.7. The fourth-order valence-electron chi connectivity index (χ4n) is 5.17. The van der Waals surface area contributed by atoms with Crippen LogP contribution in [0.1, 0.15) is 36.9 Å². The topological polar surface area (TPSA) is 48.1 Å². The highest BCUT2D eigenvalue weighted by molar-refractivity contribution is 5.82. The molecule has 4 heterocycles. The molecule has 28 heavy (non-hydrogen) atoms. The van der Waals surface area contributed by atoms with Crippen LogP contribution in [-0.2, 0) is 6.54 Å². The highest BCUT2D eigenvalue weighted by Crippen LogP contribution is 2.41. The third kappa shape index (κ3) is 3.39. The van der Waals surface area contributed by atoms with Crippen molar-refractivity contribution in [3.8, 4) is 0 Å². The molecule has 0 amide bonds. The van der Waals surface area contributed by atoms with Gasteiger partial charge in [0.1, 0.15) is 5.82 Å². The first-order chi connectivity index (χ1) is 13.7. The number of aromatic nitrogens is 3. The lowest BCUT2D eigenvalue weighted by atomic mass is 9.72. The predicted octanol–water partition coefficient (Wildman–Crippen LogP) is 4.15. The van der Waals surface area contributed by atoms with Crippen molar-refractivity contribution in [2.24, 2.45) is 5.41 Å². The molecule has 1 aromatic carbocycles. The number of likely N-dealkylation sites (tertiary alicyclic amines) is 1. The van der Waals surface area contributed by atoms with Crippen LogP contribution in [0.4, 0.5) is 5.82 Å². The van der Waals surface area contributed by atoms with Gasteiger partial charge in [-0.05, 0) is 56.2 Å². The first kappa shape index (κ1) is 17.7. The lowest BCUT2D eigenvalue weighted by Gasteiger charge is -2.48. The van der Waals surface area contributed by atoms with Crippen LogP contribution in [0, 0.1) is 12.3 Å². The molecular formula is C23H29N5. The molecule has 1 N–H and O–H groups in total. The standard InChI is InChI=1S/C23H29N5/c1-18-13-24-15-22(26-18)28-11-8-23(9-12-28)7-4-10-27(17-23)16-19-14-25-21-6-3-2-5-20(19)21/h2-3,5-6,13-15,25H,4,7-12,16-17H2,1H3. The minimum atomic E-state index is 0.470. The maximum absolute atomic E-state index is 4.67. The van der Waals surface area contributed by atoms with Crippen LogP contribution in [0.2, 0.25) is 0 Å². The zero-order chi connectivity index (χ0) is 19.0. The summed E-state index contributed by atoms with van der Waals surface area (Å²) in [6, 6.07) is 8.65. The fraction of sp³-hybridized carbons (Fsp3) is 0.478. The number of nitrogens with zero attached hydrogens (tertiary/aromatic N) is 4. The van der Waals surface area contributed by atoms with Gasteiger partial charge < -0.3 is 9.88 Å². The molecule has 2 aromatic heterocycles. The largest absolute Gasteiger partial charge is 0.361 e. The quantitative estimate of drug-likeness (QED) is 0.747. The molecule has 2 aliphatic heterocycles. The van der Waals surface area contributed by atoms with Gasteiger partial charge in [0.05, 0.1) is 11.9 Å². The van der Waals surface area contributed by atoms with Gasteiger partial charge in [-0.1, -0.05) is 18.2 Å². The Morgan fingerprint density at radius 3 is 2.79 bits per heavy atom. The van der Waals surface area contributed by atoms with E-state index in [1.165, 1.54) is 55.2 Å². The molecule has 1 spiro atoms. The number of hydrogen-bond donors (Lipinski definition) is 1. The summed E-state index contributed by atoms with van der Waals surface area (Å²) >= 11 is 0. The molecule has 3 aromatic rings. The summed E-state index contributed by atoms with van der Waals surface area (Å²) in [5.41, 5.74) is 4.15. The van der Waals surface area contributed by atoms with E-state index in [-0.39, 0.29) is 0 Å². The SMILES string of the molecule is Cc1cncc(N2CCC3(CCCN(Cc4c[nH]c5ccccc45)C3)CC2)n1. The molecule has 0 atom stereocenters. The van der Waals surface area contributed by atoms with E-state index >= 15 is 0 Å². The number of benzene rings is 1. The minimum Gasteiger partial charge on any atom is -0.361 e. The van der Waals surface area contributed by atoms with E-state index in [4.69, 9.17) is 0 Å². The van der Waals surface area contributed by atoms with Gasteiger partial charge in [0.2, 0.25) is 0 Å². The van der Waals surface area contributed by atoms with E-state index in [1.54, 1.807) is 0 Å². The average molecular weight is 376 g/mol. The maximum Gasteiger partial charge on any atom is 0.147 e. The number of aromatic amines is 1. The Morgan fingerprint density at radius 1 is 1.07 bits per heavy atom. The molecule has 146 valence electrons. The van der Waals surface area contributed by atoms with Crippen molar-refractivity contribution in [1.82, 2.24) is 19.9 Å². The summed E-state index contributed by atoms with van der Waals surface area (Å²) in [4.78, 5) is 17.5. The smallest absolute Gasteiger partial charge is 0.147 e. The van der Waals surface area contributed by atoms with Crippen LogP contribution in [-0.4, -0.2) is 46.0 Å². The van der Waals surface area contributed by atoms with Gasteiger partial charge in [-0.3, -0.25) is 9.88 Å². The van der Waals surface area contributed by atoms with E-state index in [9.17, 15) is 0 Å². The molecule has 2 saturated heterocycles. The summed E-state index contributed by atoms with van der Waals surface area (Å²) in [5.74, 6) is 1.04. The summed E-state index contributed by atoms with van der Waals surface area (Å²) in [7, 11) is 0. The molecule has 2 aliphatic rings. The monoisotopic (exact) mass is 375 g/mol. The fourth-order valence-corrected chi connectivity index (χ4v) is 5.17. The lowest BCUT2D eigenvalue weighted by molar-refractivity contribution is 0.0607. The van der Waals surface area contributed by atoms with Crippen molar-refractivity contribution in [3.05, 3.63) is 54.1 Å². The van der Waals surface area contributed by atoms with Crippen molar-refractivity contribution in [2.45, 2.75) is 39.2 Å². The van der Waals surface area contributed by atoms with Gasteiger partial charge in [-0.15, -0.1) is 0 Å². The van der Waals surface area contributed by atoms with Crippen molar-refractivity contribution in [2.75, 3.05) is 31.1 Å². The Hall–Kier alpha value is -2.40. The van der Waals surface area contributed by atoms with Gasteiger partial charge in [0.25, 0.3) is 0 Å². The molecule has 0 radical (unpaired) electrons. The third-order valence-electron chi connectivity index (χ3n) is 6.70. The second kappa shape index (κ2) is 7.21. The third-order valence-corrected chi connectivity index (χ3v) is 6.70. The number of H-pyrrole nitrogens is 1. The first-order valence-corrected chi connectivity index (χ1v) is 10.5. The van der Waals surface area contributed by atoms with Crippen LogP contribution in [0.15, 0.2) is 42.9 Å². The normalized spacial score (nSPS) is 20.1. The molecule has 0 bridgehead atoms. The molecular weight excluding hydrogens is 346 g/mol. The Morgan fingerprint density at radius 2 is 1.93 bits per heavy atom. The Bertz CT molecular complexity index is 954. The van der Waals surface area contributed by atoms with Crippen LogP contribution in [0.5, 0.6) is 0 Å². The minimum absolute atomic E-state index is 0.470. The number of rotatable bonds is 3. The molecule has 0 unspecified atom stereocenters. The van der Waals surface area contributed by atoms with E-state index < -0.39 is 0 Å². The average Bonchev–Trinajstić information content (AvgIpc) is 3.12. The molecule has 0 aliphatic carbocycles. The van der Waals surface area contributed by atoms with E-state index in [0.717, 1.165) is 31.1 Å².